The summed E-state index contributed by atoms with van der Waals surface area (Å²) in [5.74, 6) is -1.34. The number of benzene rings is 2. The van der Waals surface area contributed by atoms with Crippen LogP contribution in [0.2, 0.25) is 0 Å². The molecule has 1 aliphatic heterocycles. The highest BCUT2D eigenvalue weighted by atomic mass is 16.5. The van der Waals surface area contributed by atoms with E-state index in [0.29, 0.717) is 22.7 Å². The van der Waals surface area contributed by atoms with Gasteiger partial charge in [0.2, 0.25) is 0 Å². The molecule has 2 heterocycles. The van der Waals surface area contributed by atoms with Crippen LogP contribution in [-0.4, -0.2) is 28.9 Å². The lowest BCUT2D eigenvalue weighted by atomic mass is 9.85. The zero-order valence-corrected chi connectivity index (χ0v) is 20.9. The second kappa shape index (κ2) is 9.02. The molecule has 1 aliphatic rings. The van der Waals surface area contributed by atoms with Gasteiger partial charge in [-0.3, -0.25) is 19.5 Å². The molecule has 0 spiro atoms. The van der Waals surface area contributed by atoms with Gasteiger partial charge in [0.15, 0.2) is 0 Å². The van der Waals surface area contributed by atoms with Crippen molar-refractivity contribution in [3.63, 3.8) is 0 Å². The number of ether oxygens (including phenoxy) is 1. The molecule has 1 saturated heterocycles. The quantitative estimate of drug-likeness (QED) is 0.304. The minimum Gasteiger partial charge on any atom is -0.507 e. The van der Waals surface area contributed by atoms with Crippen molar-refractivity contribution >= 4 is 23.1 Å². The summed E-state index contributed by atoms with van der Waals surface area (Å²) in [7, 11) is 1.51. The first-order valence-electron chi connectivity index (χ1n) is 11.5. The summed E-state index contributed by atoms with van der Waals surface area (Å²) in [6.07, 6.45) is 1.61. The molecule has 3 aromatic rings. The number of nitrogens with zero attached hydrogens (tertiary/aromatic N) is 2. The Kier molecular flexibility index (Phi) is 6.24. The number of anilines is 1. The van der Waals surface area contributed by atoms with Crippen molar-refractivity contribution in [2.24, 2.45) is 0 Å². The molecule has 6 heteroatoms. The molecule has 1 amide bonds. The fourth-order valence-corrected chi connectivity index (χ4v) is 4.48. The molecule has 180 valence electrons. The zero-order valence-electron chi connectivity index (χ0n) is 20.9. The number of Topliss-reactive ketones (excluding diaryl/α,β-unsaturated/α-hetero) is 1. The van der Waals surface area contributed by atoms with Crippen LogP contribution in [0.5, 0.6) is 5.75 Å². The van der Waals surface area contributed by atoms with Gasteiger partial charge in [-0.2, -0.15) is 0 Å². The van der Waals surface area contributed by atoms with Crippen LogP contribution < -0.4 is 9.64 Å². The van der Waals surface area contributed by atoms with Crippen LogP contribution in [0.25, 0.3) is 5.76 Å². The van der Waals surface area contributed by atoms with Crippen molar-refractivity contribution in [3.05, 3.63) is 94.3 Å². The third kappa shape index (κ3) is 4.32. The molecule has 0 radical (unpaired) electrons. The van der Waals surface area contributed by atoms with E-state index < -0.39 is 17.7 Å². The monoisotopic (exact) mass is 470 g/mol. The third-order valence-electron chi connectivity index (χ3n) is 6.34. The minimum atomic E-state index is -0.888. The maximum Gasteiger partial charge on any atom is 0.300 e. The van der Waals surface area contributed by atoms with Crippen molar-refractivity contribution in [3.8, 4) is 5.75 Å². The molecule has 35 heavy (non-hydrogen) atoms. The second-order valence-corrected chi connectivity index (χ2v) is 9.88. The number of hydrogen-bond acceptors (Lipinski definition) is 5. The average Bonchev–Trinajstić information content (AvgIpc) is 3.08. The van der Waals surface area contributed by atoms with E-state index in [-0.39, 0.29) is 16.7 Å². The van der Waals surface area contributed by atoms with Gasteiger partial charge in [-0.05, 0) is 60.7 Å². The van der Waals surface area contributed by atoms with Crippen molar-refractivity contribution in [2.75, 3.05) is 12.0 Å². The molecule has 1 atom stereocenters. The fraction of sp³-hybridized carbons (Fsp3) is 0.276. The van der Waals surface area contributed by atoms with E-state index in [1.165, 1.54) is 12.0 Å². The lowest BCUT2D eigenvalue weighted by molar-refractivity contribution is -0.132. The number of aliphatic hydroxyl groups is 1. The van der Waals surface area contributed by atoms with Crippen LogP contribution in [0.1, 0.15) is 54.8 Å². The predicted octanol–water partition coefficient (Wildman–Crippen LogP) is 5.63. The van der Waals surface area contributed by atoms with Crippen LogP contribution in [0.15, 0.2) is 66.4 Å². The Labute approximate surface area is 205 Å². The number of methoxy groups -OCH3 is 1. The van der Waals surface area contributed by atoms with Gasteiger partial charge in [-0.1, -0.05) is 50.6 Å². The van der Waals surface area contributed by atoms with Crippen molar-refractivity contribution < 1.29 is 19.4 Å². The lowest BCUT2D eigenvalue weighted by Gasteiger charge is -2.26. The first-order chi connectivity index (χ1) is 16.5. The number of amides is 1. The Hall–Kier alpha value is -3.93. The van der Waals surface area contributed by atoms with Crippen molar-refractivity contribution in [1.82, 2.24) is 4.98 Å². The summed E-state index contributed by atoms with van der Waals surface area (Å²) in [6.45, 7) is 10.0. The van der Waals surface area contributed by atoms with E-state index in [1.54, 1.807) is 30.5 Å². The van der Waals surface area contributed by atoms with Crippen LogP contribution in [0.4, 0.5) is 5.69 Å². The summed E-state index contributed by atoms with van der Waals surface area (Å²) in [6, 6.07) is 15.6. The van der Waals surface area contributed by atoms with Crippen LogP contribution in [0.3, 0.4) is 0 Å². The van der Waals surface area contributed by atoms with E-state index in [0.717, 1.165) is 16.7 Å². The number of rotatable bonds is 4. The molecule has 1 unspecified atom stereocenters. The standard InChI is InChI=1S/C29H30N2O4/c1-17-10-12-22(18(2)15-17)31-25(21-9-7-8-14-30-21)24(27(33)28(31)34)26(32)20-16-19(29(3,4)5)11-13-23(20)35-6/h7-16,25,32H,1-6H3/b26-24+. The maximum atomic E-state index is 13.5. The van der Waals surface area contributed by atoms with Gasteiger partial charge in [0.1, 0.15) is 17.6 Å². The Morgan fingerprint density at radius 3 is 2.37 bits per heavy atom. The van der Waals surface area contributed by atoms with Crippen molar-refractivity contribution in [2.45, 2.75) is 46.1 Å². The molecule has 0 aliphatic carbocycles. The number of carbonyl (C=O) groups is 2. The lowest BCUT2D eigenvalue weighted by Crippen LogP contribution is -2.30. The SMILES string of the molecule is COc1ccc(C(C)(C)C)cc1/C(O)=C1\C(=O)C(=O)N(c2ccc(C)cc2C)C1c1ccccn1. The highest BCUT2D eigenvalue weighted by Gasteiger charge is 2.48. The van der Waals surface area contributed by atoms with Crippen molar-refractivity contribution in [1.29, 1.82) is 0 Å². The number of aliphatic hydroxyl groups excluding tert-OH is 1. The van der Waals surface area contributed by atoms with Crippen LogP contribution >= 0.6 is 0 Å². The summed E-state index contributed by atoms with van der Waals surface area (Å²) in [4.78, 5) is 32.8. The summed E-state index contributed by atoms with van der Waals surface area (Å²) in [5, 5.41) is 11.6. The highest BCUT2D eigenvalue weighted by molar-refractivity contribution is 6.51. The molecule has 0 bridgehead atoms. The minimum absolute atomic E-state index is 0.0157. The van der Waals surface area contributed by atoms with Gasteiger partial charge in [-0.25, -0.2) is 0 Å². The van der Waals surface area contributed by atoms with E-state index in [1.807, 2.05) is 44.2 Å². The second-order valence-electron chi connectivity index (χ2n) is 9.88. The van der Waals surface area contributed by atoms with E-state index >= 15 is 0 Å². The van der Waals surface area contributed by atoms with Gasteiger partial charge in [-0.15, -0.1) is 0 Å². The maximum absolute atomic E-state index is 13.5. The Morgan fingerprint density at radius 2 is 1.77 bits per heavy atom. The van der Waals surface area contributed by atoms with E-state index in [9.17, 15) is 14.7 Å². The highest BCUT2D eigenvalue weighted by Crippen LogP contribution is 2.44. The first-order valence-corrected chi connectivity index (χ1v) is 11.5. The molecule has 1 N–H and O–H groups in total. The average molecular weight is 471 g/mol. The van der Waals surface area contributed by atoms with E-state index in [4.69, 9.17) is 4.74 Å². The first kappa shape index (κ1) is 24.2. The largest absolute Gasteiger partial charge is 0.507 e. The van der Waals surface area contributed by atoms with Gasteiger partial charge in [0.05, 0.1) is 23.9 Å². The van der Waals surface area contributed by atoms with E-state index in [2.05, 4.69) is 25.8 Å². The Bertz CT molecular complexity index is 1340. The number of aryl methyl sites for hydroxylation is 2. The van der Waals surface area contributed by atoms with Gasteiger partial charge >= 0.3 is 0 Å². The number of carbonyl (C=O) groups excluding carboxylic acids is 2. The van der Waals surface area contributed by atoms with Crippen LogP contribution in [-0.2, 0) is 15.0 Å². The Balaban J connectivity index is 2.00. The summed E-state index contributed by atoms with van der Waals surface area (Å²) in [5.41, 5.74) is 4.07. The zero-order chi connectivity index (χ0) is 25.5. The van der Waals surface area contributed by atoms with Gasteiger partial charge in [0.25, 0.3) is 11.7 Å². The molecular formula is C29H30N2O4. The number of ketones is 1. The molecule has 1 aromatic heterocycles. The Morgan fingerprint density at radius 1 is 1.03 bits per heavy atom. The fourth-order valence-electron chi connectivity index (χ4n) is 4.48. The topological polar surface area (TPSA) is 79.7 Å². The molecule has 1 fully saturated rings. The van der Waals surface area contributed by atoms with Crippen LogP contribution in [0, 0.1) is 13.8 Å². The third-order valence-corrected chi connectivity index (χ3v) is 6.34. The molecule has 2 aromatic carbocycles. The normalized spacial score (nSPS) is 17.7. The van der Waals surface area contributed by atoms with Gasteiger partial charge in [0, 0.05) is 11.9 Å². The predicted molar refractivity (Wildman–Crippen MR) is 137 cm³/mol. The number of aromatic nitrogens is 1. The molecule has 0 saturated carbocycles. The number of hydrogen-bond donors (Lipinski definition) is 1. The van der Waals surface area contributed by atoms with Gasteiger partial charge < -0.3 is 9.84 Å². The molecule has 4 rings (SSSR count). The summed E-state index contributed by atoms with van der Waals surface area (Å²) < 4.78 is 5.52. The molecular weight excluding hydrogens is 440 g/mol. The smallest absolute Gasteiger partial charge is 0.300 e. The number of pyridine rings is 1. The molecule has 6 nitrogen and oxygen atoms in total. The summed E-state index contributed by atoms with van der Waals surface area (Å²) >= 11 is 0.